The summed E-state index contributed by atoms with van der Waals surface area (Å²) in [6.07, 6.45) is 2.80. The van der Waals surface area contributed by atoms with Crippen LogP contribution in [0.2, 0.25) is 0 Å². The summed E-state index contributed by atoms with van der Waals surface area (Å²) in [6.45, 7) is 4.44. The Balaban J connectivity index is 2.30. The molecule has 18 heavy (non-hydrogen) atoms. The van der Waals surface area contributed by atoms with Gasteiger partial charge in [0.25, 0.3) is 0 Å². The average Bonchev–Trinajstić information content (AvgIpc) is 2.37. The van der Waals surface area contributed by atoms with Gasteiger partial charge in [0.1, 0.15) is 0 Å². The summed E-state index contributed by atoms with van der Waals surface area (Å²) in [5.74, 6) is 0.579. The van der Waals surface area contributed by atoms with Crippen LogP contribution in [0.15, 0.2) is 0 Å². The van der Waals surface area contributed by atoms with Gasteiger partial charge in [0.05, 0.1) is 18.1 Å². The quantitative estimate of drug-likeness (QED) is 0.678. The molecule has 1 rings (SSSR count). The van der Waals surface area contributed by atoms with Crippen LogP contribution in [0.1, 0.15) is 26.2 Å². The Kier molecular flexibility index (Phi) is 6.04. The summed E-state index contributed by atoms with van der Waals surface area (Å²) >= 11 is 0. The van der Waals surface area contributed by atoms with Gasteiger partial charge in [-0.2, -0.15) is 0 Å². The molecular weight excluding hydrogens is 252 g/mol. The lowest BCUT2D eigenvalue weighted by Crippen LogP contribution is -2.47. The van der Waals surface area contributed by atoms with Crippen molar-refractivity contribution in [1.29, 1.82) is 0 Å². The number of sulfone groups is 1. The maximum Gasteiger partial charge on any atom is 0.152 e. The number of aliphatic hydroxyl groups is 1. The lowest BCUT2D eigenvalue weighted by atomic mass is 9.91. The molecule has 0 saturated carbocycles. The minimum atomic E-state index is -2.78. The molecule has 1 aliphatic rings. The fourth-order valence-corrected chi connectivity index (χ4v) is 3.64. The number of hydrogen-bond acceptors (Lipinski definition) is 5. The molecule has 1 unspecified atom stereocenters. The van der Waals surface area contributed by atoms with E-state index >= 15 is 0 Å². The van der Waals surface area contributed by atoms with Crippen LogP contribution in [0.5, 0.6) is 0 Å². The standard InChI is InChI=1S/C12H26N2O3S/c1-3-12(11-15,13-2)5-4-6-14-7-9-18(16,17)10-8-14/h13,15H,3-11H2,1-2H3. The summed E-state index contributed by atoms with van der Waals surface area (Å²) in [6, 6.07) is 0. The fourth-order valence-electron chi connectivity index (χ4n) is 2.36. The van der Waals surface area contributed by atoms with Crippen LogP contribution in [0.3, 0.4) is 0 Å². The third-order valence-corrected chi connectivity index (χ3v) is 5.69. The van der Waals surface area contributed by atoms with E-state index in [0.717, 1.165) is 25.8 Å². The smallest absolute Gasteiger partial charge is 0.152 e. The Morgan fingerprint density at radius 3 is 2.39 bits per heavy atom. The molecule has 0 aromatic carbocycles. The highest BCUT2D eigenvalue weighted by Crippen LogP contribution is 2.17. The highest BCUT2D eigenvalue weighted by atomic mass is 32.2. The molecular formula is C12H26N2O3S. The van der Waals surface area contributed by atoms with Crippen molar-refractivity contribution in [3.63, 3.8) is 0 Å². The monoisotopic (exact) mass is 278 g/mol. The van der Waals surface area contributed by atoms with Crippen molar-refractivity contribution in [2.75, 3.05) is 44.8 Å². The van der Waals surface area contributed by atoms with Crippen LogP contribution in [0.4, 0.5) is 0 Å². The number of nitrogens with zero attached hydrogens (tertiary/aromatic N) is 1. The van der Waals surface area contributed by atoms with Crippen molar-refractivity contribution in [3.8, 4) is 0 Å². The average molecular weight is 278 g/mol. The van der Waals surface area contributed by atoms with E-state index in [2.05, 4.69) is 17.1 Å². The van der Waals surface area contributed by atoms with E-state index < -0.39 is 9.84 Å². The van der Waals surface area contributed by atoms with Gasteiger partial charge in [0, 0.05) is 18.6 Å². The van der Waals surface area contributed by atoms with E-state index in [4.69, 9.17) is 0 Å². The van der Waals surface area contributed by atoms with Crippen LogP contribution >= 0.6 is 0 Å². The predicted octanol–water partition coefficient (Wildman–Crippen LogP) is -0.142. The van der Waals surface area contributed by atoms with Gasteiger partial charge in [-0.1, -0.05) is 6.92 Å². The van der Waals surface area contributed by atoms with Crippen molar-refractivity contribution in [2.24, 2.45) is 0 Å². The first-order chi connectivity index (χ1) is 8.47. The number of aliphatic hydroxyl groups excluding tert-OH is 1. The molecule has 1 fully saturated rings. The molecule has 1 atom stereocenters. The SMILES string of the molecule is CCC(CO)(CCCN1CCS(=O)(=O)CC1)NC. The lowest BCUT2D eigenvalue weighted by molar-refractivity contribution is 0.146. The number of hydrogen-bond donors (Lipinski definition) is 2. The Morgan fingerprint density at radius 1 is 1.33 bits per heavy atom. The van der Waals surface area contributed by atoms with Gasteiger partial charge in [0.2, 0.25) is 0 Å². The first kappa shape index (κ1) is 15.9. The molecule has 0 bridgehead atoms. The summed E-state index contributed by atoms with van der Waals surface area (Å²) in [5, 5.41) is 12.6. The summed E-state index contributed by atoms with van der Waals surface area (Å²) in [5.41, 5.74) is -0.179. The zero-order valence-corrected chi connectivity index (χ0v) is 12.3. The van der Waals surface area contributed by atoms with Gasteiger partial charge < -0.3 is 15.3 Å². The highest BCUT2D eigenvalue weighted by Gasteiger charge is 2.26. The van der Waals surface area contributed by atoms with Gasteiger partial charge in [-0.15, -0.1) is 0 Å². The molecule has 6 heteroatoms. The van der Waals surface area contributed by atoms with E-state index in [-0.39, 0.29) is 23.7 Å². The van der Waals surface area contributed by atoms with Crippen LogP contribution < -0.4 is 5.32 Å². The molecule has 0 amide bonds. The van der Waals surface area contributed by atoms with Crippen molar-refractivity contribution in [3.05, 3.63) is 0 Å². The van der Waals surface area contributed by atoms with E-state index in [1.807, 2.05) is 7.05 Å². The number of likely N-dealkylation sites (N-methyl/N-ethyl adjacent to an activating group) is 1. The van der Waals surface area contributed by atoms with Gasteiger partial charge in [-0.05, 0) is 32.9 Å². The van der Waals surface area contributed by atoms with Crippen LogP contribution in [-0.2, 0) is 9.84 Å². The van der Waals surface area contributed by atoms with Crippen LogP contribution in [-0.4, -0.2) is 68.8 Å². The van der Waals surface area contributed by atoms with Crippen molar-refractivity contribution in [1.82, 2.24) is 10.2 Å². The maximum absolute atomic E-state index is 11.3. The summed E-state index contributed by atoms with van der Waals surface area (Å²) in [7, 11) is -0.895. The first-order valence-corrected chi connectivity index (χ1v) is 8.51. The normalized spacial score (nSPS) is 23.7. The van der Waals surface area contributed by atoms with E-state index in [0.29, 0.717) is 13.1 Å². The first-order valence-electron chi connectivity index (χ1n) is 6.69. The molecule has 2 N–H and O–H groups in total. The summed E-state index contributed by atoms with van der Waals surface area (Å²) < 4.78 is 22.6. The Bertz CT molecular complexity index is 317. The second kappa shape index (κ2) is 6.84. The minimum Gasteiger partial charge on any atom is -0.394 e. The Morgan fingerprint density at radius 2 is 1.94 bits per heavy atom. The second-order valence-electron chi connectivity index (χ2n) is 5.14. The minimum absolute atomic E-state index is 0.147. The zero-order valence-electron chi connectivity index (χ0n) is 11.5. The predicted molar refractivity (Wildman–Crippen MR) is 73.5 cm³/mol. The molecule has 0 aliphatic carbocycles. The zero-order chi connectivity index (χ0) is 13.6. The highest BCUT2D eigenvalue weighted by molar-refractivity contribution is 7.91. The Labute approximate surface area is 110 Å². The van der Waals surface area contributed by atoms with Gasteiger partial charge >= 0.3 is 0 Å². The summed E-state index contributed by atoms with van der Waals surface area (Å²) in [4.78, 5) is 2.20. The molecule has 0 aromatic heterocycles. The fraction of sp³-hybridized carbons (Fsp3) is 1.00. The molecule has 0 radical (unpaired) electrons. The molecule has 1 heterocycles. The number of nitrogens with one attached hydrogen (secondary N) is 1. The molecule has 1 saturated heterocycles. The number of rotatable bonds is 7. The van der Waals surface area contributed by atoms with E-state index in [9.17, 15) is 13.5 Å². The third-order valence-electron chi connectivity index (χ3n) is 4.08. The Hall–Kier alpha value is -0.170. The molecule has 108 valence electrons. The largest absolute Gasteiger partial charge is 0.394 e. The molecule has 0 spiro atoms. The maximum atomic E-state index is 11.3. The molecule has 0 aromatic rings. The second-order valence-corrected chi connectivity index (χ2v) is 7.44. The van der Waals surface area contributed by atoms with E-state index in [1.54, 1.807) is 0 Å². The van der Waals surface area contributed by atoms with Crippen molar-refractivity contribution < 1.29 is 13.5 Å². The van der Waals surface area contributed by atoms with Crippen LogP contribution in [0, 0.1) is 0 Å². The van der Waals surface area contributed by atoms with Crippen molar-refractivity contribution in [2.45, 2.75) is 31.7 Å². The van der Waals surface area contributed by atoms with E-state index in [1.165, 1.54) is 0 Å². The van der Waals surface area contributed by atoms with Crippen LogP contribution in [0.25, 0.3) is 0 Å². The topological polar surface area (TPSA) is 69.6 Å². The van der Waals surface area contributed by atoms with Gasteiger partial charge in [-0.25, -0.2) is 8.42 Å². The van der Waals surface area contributed by atoms with Gasteiger partial charge in [-0.3, -0.25) is 0 Å². The molecule has 5 nitrogen and oxygen atoms in total. The van der Waals surface area contributed by atoms with Gasteiger partial charge in [0.15, 0.2) is 9.84 Å². The molecule has 1 aliphatic heterocycles. The third kappa shape index (κ3) is 4.50. The lowest BCUT2D eigenvalue weighted by Gasteiger charge is -2.32. The van der Waals surface area contributed by atoms with Crippen molar-refractivity contribution >= 4 is 9.84 Å².